The molecule has 6 heteroatoms. The largest absolute Gasteiger partial charge is 0.457 e. The summed E-state index contributed by atoms with van der Waals surface area (Å²) in [5, 5.41) is 4.42. The van der Waals surface area contributed by atoms with Crippen molar-refractivity contribution in [3.63, 3.8) is 0 Å². The van der Waals surface area contributed by atoms with Gasteiger partial charge in [-0.1, -0.05) is 19.1 Å². The highest BCUT2D eigenvalue weighted by Crippen LogP contribution is 2.42. The summed E-state index contributed by atoms with van der Waals surface area (Å²) in [5.74, 6) is 2.73. The van der Waals surface area contributed by atoms with Gasteiger partial charge >= 0.3 is 0 Å². The molecule has 0 saturated carbocycles. The van der Waals surface area contributed by atoms with Gasteiger partial charge in [0.05, 0.1) is 6.54 Å². The average Bonchev–Trinajstić information content (AvgIpc) is 3.21. The van der Waals surface area contributed by atoms with Gasteiger partial charge in [-0.25, -0.2) is 4.39 Å². The van der Waals surface area contributed by atoms with Crippen molar-refractivity contribution in [2.24, 2.45) is 5.92 Å². The highest BCUT2D eigenvalue weighted by atomic mass is 19.1. The Kier molecular flexibility index (Phi) is 5.53. The highest BCUT2D eigenvalue weighted by Gasteiger charge is 2.26. The van der Waals surface area contributed by atoms with Crippen LogP contribution in [0, 0.1) is 11.7 Å². The maximum Gasteiger partial charge on any atom is 0.178 e. The number of anilines is 1. The number of H-pyrrole nitrogens is 1. The van der Waals surface area contributed by atoms with Crippen LogP contribution < -0.4 is 14.8 Å². The molecule has 6 rings (SSSR count). The minimum absolute atomic E-state index is 0.169. The monoisotopic (exact) mass is 459 g/mol. The number of rotatable bonds is 6. The number of hydrogen-bond acceptors (Lipinski definition) is 4. The summed E-state index contributed by atoms with van der Waals surface area (Å²) in [6, 6.07) is 9.07. The molecule has 2 aliphatic heterocycles. The summed E-state index contributed by atoms with van der Waals surface area (Å²) in [5.41, 5.74) is 5.72. The van der Waals surface area contributed by atoms with E-state index in [1.54, 1.807) is 12.3 Å². The fraction of sp³-hybridized carbons (Fsp3) is 0.357. The molecule has 0 radical (unpaired) electrons. The summed E-state index contributed by atoms with van der Waals surface area (Å²) < 4.78 is 26.2. The molecule has 0 amide bonds. The van der Waals surface area contributed by atoms with Crippen LogP contribution in [-0.2, 0) is 12.8 Å². The Hall–Kier alpha value is -3.25. The quantitative estimate of drug-likeness (QED) is 0.484. The fourth-order valence-corrected chi connectivity index (χ4v) is 5.55. The molecule has 0 saturated heterocycles. The first-order valence-electron chi connectivity index (χ1n) is 12.3. The molecule has 5 nitrogen and oxygen atoms in total. The van der Waals surface area contributed by atoms with Gasteiger partial charge in [0.15, 0.2) is 17.3 Å². The van der Waals surface area contributed by atoms with Crippen LogP contribution >= 0.6 is 0 Å². The molecule has 34 heavy (non-hydrogen) atoms. The maximum absolute atomic E-state index is 13.9. The first-order valence-corrected chi connectivity index (χ1v) is 12.3. The van der Waals surface area contributed by atoms with Gasteiger partial charge in [0, 0.05) is 40.9 Å². The Morgan fingerprint density at radius 2 is 2.15 bits per heavy atom. The minimum Gasteiger partial charge on any atom is -0.457 e. The first kappa shape index (κ1) is 21.3. The molecule has 0 bridgehead atoms. The van der Waals surface area contributed by atoms with E-state index in [2.05, 4.69) is 34.3 Å². The Morgan fingerprint density at radius 3 is 3.06 bits per heavy atom. The van der Waals surface area contributed by atoms with E-state index in [9.17, 15) is 4.39 Å². The van der Waals surface area contributed by atoms with Crippen molar-refractivity contribution >= 4 is 22.7 Å². The van der Waals surface area contributed by atoms with E-state index in [4.69, 9.17) is 9.47 Å². The third kappa shape index (κ3) is 3.96. The van der Waals surface area contributed by atoms with E-state index in [1.807, 2.05) is 18.2 Å². The zero-order valence-corrected chi connectivity index (χ0v) is 19.5. The van der Waals surface area contributed by atoms with Crippen LogP contribution in [0.2, 0.25) is 0 Å². The number of halogens is 1. The molecule has 0 spiro atoms. The van der Waals surface area contributed by atoms with Gasteiger partial charge in [0.25, 0.3) is 0 Å². The Morgan fingerprint density at radius 1 is 1.21 bits per heavy atom. The summed E-state index contributed by atoms with van der Waals surface area (Å²) in [6.45, 7) is 5.72. The zero-order chi connectivity index (χ0) is 23.1. The van der Waals surface area contributed by atoms with E-state index >= 15 is 0 Å². The fourth-order valence-electron chi connectivity index (χ4n) is 5.55. The molecular weight excluding hydrogens is 429 g/mol. The van der Waals surface area contributed by atoms with E-state index in [-0.39, 0.29) is 5.82 Å². The van der Waals surface area contributed by atoms with Gasteiger partial charge in [-0.3, -0.25) is 4.90 Å². The van der Waals surface area contributed by atoms with Gasteiger partial charge in [-0.05, 0) is 74.0 Å². The second-order valence-electron chi connectivity index (χ2n) is 9.56. The molecule has 0 fully saturated rings. The van der Waals surface area contributed by atoms with Gasteiger partial charge < -0.3 is 19.8 Å². The second-order valence-corrected chi connectivity index (χ2v) is 9.56. The molecule has 2 aromatic carbocycles. The molecule has 3 aromatic rings. The Balaban J connectivity index is 1.17. The third-order valence-electron chi connectivity index (χ3n) is 7.09. The van der Waals surface area contributed by atoms with Crippen LogP contribution in [0.5, 0.6) is 11.5 Å². The molecule has 3 heterocycles. The van der Waals surface area contributed by atoms with Crippen molar-refractivity contribution in [2.75, 3.05) is 31.5 Å². The molecule has 1 atom stereocenters. The van der Waals surface area contributed by atoms with Crippen molar-refractivity contribution in [2.45, 2.75) is 32.6 Å². The lowest BCUT2D eigenvalue weighted by Crippen LogP contribution is -2.35. The van der Waals surface area contributed by atoms with Crippen molar-refractivity contribution in [3.05, 3.63) is 71.1 Å². The maximum atomic E-state index is 13.9. The normalized spacial score (nSPS) is 18.4. The average molecular weight is 460 g/mol. The van der Waals surface area contributed by atoms with Crippen molar-refractivity contribution in [3.8, 4) is 11.5 Å². The predicted octanol–water partition coefficient (Wildman–Crippen LogP) is 5.88. The predicted molar refractivity (Wildman–Crippen MR) is 134 cm³/mol. The van der Waals surface area contributed by atoms with Gasteiger partial charge in [-0.2, -0.15) is 0 Å². The number of aromatic amines is 1. The zero-order valence-electron chi connectivity index (χ0n) is 19.5. The van der Waals surface area contributed by atoms with Crippen LogP contribution in [0.4, 0.5) is 10.1 Å². The smallest absolute Gasteiger partial charge is 0.178 e. The van der Waals surface area contributed by atoms with E-state index in [0.717, 1.165) is 84.7 Å². The van der Waals surface area contributed by atoms with Crippen LogP contribution in [-0.4, -0.2) is 36.1 Å². The number of nitrogens with one attached hydrogen (secondary N) is 2. The van der Waals surface area contributed by atoms with E-state index in [1.165, 1.54) is 17.3 Å². The molecule has 1 aliphatic carbocycles. The van der Waals surface area contributed by atoms with Gasteiger partial charge in [0.1, 0.15) is 12.1 Å². The molecule has 3 aliphatic rings. The van der Waals surface area contributed by atoms with E-state index < -0.39 is 0 Å². The number of aryl methyl sites for hydroxylation is 1. The van der Waals surface area contributed by atoms with Crippen LogP contribution in [0.3, 0.4) is 0 Å². The second kappa shape index (κ2) is 8.84. The number of fused-ring (bicyclic) bond motifs is 6. The molecule has 2 N–H and O–H groups in total. The van der Waals surface area contributed by atoms with Crippen LogP contribution in [0.1, 0.15) is 36.6 Å². The lowest BCUT2D eigenvalue weighted by atomic mass is 9.86. The minimum atomic E-state index is -0.169. The summed E-state index contributed by atoms with van der Waals surface area (Å²) in [4.78, 5) is 5.97. The topological polar surface area (TPSA) is 49.5 Å². The van der Waals surface area contributed by atoms with Crippen molar-refractivity contribution < 1.29 is 13.9 Å². The van der Waals surface area contributed by atoms with Gasteiger partial charge in [-0.15, -0.1) is 0 Å². The summed E-state index contributed by atoms with van der Waals surface area (Å²) in [6.07, 6.45) is 10.1. The highest BCUT2D eigenvalue weighted by molar-refractivity contribution is 5.85. The first-order chi connectivity index (χ1) is 16.7. The van der Waals surface area contributed by atoms with Crippen LogP contribution in [0.25, 0.3) is 17.0 Å². The van der Waals surface area contributed by atoms with Crippen LogP contribution in [0.15, 0.2) is 48.4 Å². The van der Waals surface area contributed by atoms with Crippen molar-refractivity contribution in [1.29, 1.82) is 0 Å². The summed E-state index contributed by atoms with van der Waals surface area (Å²) >= 11 is 0. The number of benzene rings is 2. The lowest BCUT2D eigenvalue weighted by molar-refractivity contribution is 0.200. The van der Waals surface area contributed by atoms with E-state index in [0.29, 0.717) is 12.5 Å². The molecular formula is C28H30FN3O2. The molecule has 0 unspecified atom stereocenters. The SMILES string of the molecule is CCCN(CC1=COc2ccc3c(c2O1)C=CCN3)C[C@@H]1CCc2[nH]c3ccc(F)cc3c2C1. The number of nitrogens with zero attached hydrogens (tertiary/aromatic N) is 1. The standard InChI is InChI=1S/C28H30FN3O2/c1-2-12-32(15-18-5-7-25-22(13-18)23-14-19(29)6-8-26(23)31-25)16-20-17-33-27-10-9-24-21(28(27)34-20)4-3-11-30-24/h3-4,6,8-10,14,17-18,30-31H,2,5,7,11-13,15-16H2,1H3/t18-/m1/s1. The van der Waals surface area contributed by atoms with Crippen molar-refractivity contribution in [1.82, 2.24) is 9.88 Å². The van der Waals surface area contributed by atoms with Gasteiger partial charge in [0.2, 0.25) is 0 Å². The summed E-state index contributed by atoms with van der Waals surface area (Å²) in [7, 11) is 0. The Labute approximate surface area is 199 Å². The Bertz CT molecular complexity index is 1290. The number of aromatic nitrogens is 1. The third-order valence-corrected chi connectivity index (χ3v) is 7.09. The number of hydrogen-bond donors (Lipinski definition) is 2. The lowest BCUT2D eigenvalue weighted by Gasteiger charge is -2.31. The molecule has 1 aromatic heterocycles. The number of ether oxygens (including phenoxy) is 2. The molecule has 176 valence electrons.